The van der Waals surface area contributed by atoms with Gasteiger partial charge in [-0.05, 0) is 30.5 Å². The molecular formula is C11H12O5. The Morgan fingerprint density at radius 3 is 2.19 bits per heavy atom. The Bertz CT molecular complexity index is 462. The summed E-state index contributed by atoms with van der Waals surface area (Å²) in [7, 11) is 0. The number of benzene rings is 1. The molecule has 0 aliphatic rings. The highest BCUT2D eigenvalue weighted by Gasteiger charge is 2.21. The summed E-state index contributed by atoms with van der Waals surface area (Å²) in [5.41, 5.74) is 0.444. The van der Waals surface area contributed by atoms with Gasteiger partial charge in [0.1, 0.15) is 11.3 Å². The highest BCUT2D eigenvalue weighted by molar-refractivity contribution is 5.97. The van der Waals surface area contributed by atoms with Crippen molar-refractivity contribution in [3.8, 4) is 5.75 Å². The van der Waals surface area contributed by atoms with Crippen LogP contribution in [-0.4, -0.2) is 27.3 Å². The lowest BCUT2D eigenvalue weighted by Gasteiger charge is -2.12. The number of rotatable bonds is 3. The lowest BCUT2D eigenvalue weighted by Crippen LogP contribution is -2.09. The molecule has 86 valence electrons. The van der Waals surface area contributed by atoms with Gasteiger partial charge in [-0.3, -0.25) is 0 Å². The summed E-state index contributed by atoms with van der Waals surface area (Å²) < 4.78 is 0. The summed E-state index contributed by atoms with van der Waals surface area (Å²) in [5.74, 6) is -2.94. The van der Waals surface area contributed by atoms with Crippen molar-refractivity contribution in [2.75, 3.05) is 0 Å². The molecule has 1 rings (SSSR count). The van der Waals surface area contributed by atoms with Crippen LogP contribution in [0.1, 0.15) is 38.8 Å². The number of aromatic carboxylic acids is 2. The van der Waals surface area contributed by atoms with Crippen LogP contribution in [-0.2, 0) is 6.42 Å². The first kappa shape index (κ1) is 12.0. The van der Waals surface area contributed by atoms with Crippen LogP contribution in [0, 0.1) is 6.92 Å². The predicted octanol–water partition coefficient (Wildman–Crippen LogP) is 1.66. The van der Waals surface area contributed by atoms with Gasteiger partial charge in [0.2, 0.25) is 0 Å². The van der Waals surface area contributed by atoms with Gasteiger partial charge in [0.25, 0.3) is 0 Å². The molecule has 0 radical (unpaired) electrons. The quantitative estimate of drug-likeness (QED) is 0.725. The number of hydrogen-bond donors (Lipinski definition) is 3. The summed E-state index contributed by atoms with van der Waals surface area (Å²) in [6, 6.07) is 0.972. The van der Waals surface area contributed by atoms with Crippen LogP contribution in [0.25, 0.3) is 0 Å². The minimum atomic E-state index is -1.26. The van der Waals surface area contributed by atoms with Crippen LogP contribution in [0.5, 0.6) is 5.75 Å². The van der Waals surface area contributed by atoms with E-state index in [0.29, 0.717) is 17.5 Å². The summed E-state index contributed by atoms with van der Waals surface area (Å²) in [4.78, 5) is 21.8. The number of carboxylic acid groups (broad SMARTS) is 2. The Kier molecular flexibility index (Phi) is 3.17. The van der Waals surface area contributed by atoms with Crippen LogP contribution in [0.2, 0.25) is 0 Å². The molecule has 3 N–H and O–H groups in total. The summed E-state index contributed by atoms with van der Waals surface area (Å²) in [5, 5.41) is 27.3. The maximum atomic E-state index is 10.9. The second-order valence-electron chi connectivity index (χ2n) is 3.39. The summed E-state index contributed by atoms with van der Waals surface area (Å²) in [6.07, 6.45) is 0.349. The third kappa shape index (κ3) is 1.84. The molecule has 1 aromatic carbocycles. The maximum absolute atomic E-state index is 10.9. The molecule has 1 aromatic rings. The molecule has 0 amide bonds. The molecular weight excluding hydrogens is 212 g/mol. The Balaban J connectivity index is 3.63. The van der Waals surface area contributed by atoms with Gasteiger partial charge in [0.15, 0.2) is 0 Å². The zero-order valence-corrected chi connectivity index (χ0v) is 8.94. The number of phenols is 1. The zero-order chi connectivity index (χ0) is 12.5. The fourth-order valence-electron chi connectivity index (χ4n) is 1.72. The van der Waals surface area contributed by atoms with Crippen LogP contribution >= 0.6 is 0 Å². The molecule has 0 aliphatic carbocycles. The smallest absolute Gasteiger partial charge is 0.339 e. The molecule has 0 bridgehead atoms. The Morgan fingerprint density at radius 1 is 1.25 bits per heavy atom. The van der Waals surface area contributed by atoms with Gasteiger partial charge in [-0.2, -0.15) is 0 Å². The molecule has 5 heteroatoms. The van der Waals surface area contributed by atoms with E-state index in [1.807, 2.05) is 0 Å². The number of carbonyl (C=O) groups is 2. The van der Waals surface area contributed by atoms with Crippen LogP contribution in [0.4, 0.5) is 0 Å². The molecule has 0 atom stereocenters. The van der Waals surface area contributed by atoms with Crippen LogP contribution in [0.15, 0.2) is 6.07 Å². The monoisotopic (exact) mass is 224 g/mol. The molecule has 0 unspecified atom stereocenters. The van der Waals surface area contributed by atoms with E-state index in [0.717, 1.165) is 6.07 Å². The van der Waals surface area contributed by atoms with Crippen molar-refractivity contribution in [2.45, 2.75) is 20.3 Å². The van der Waals surface area contributed by atoms with Crippen molar-refractivity contribution < 1.29 is 24.9 Å². The highest BCUT2D eigenvalue weighted by Crippen LogP contribution is 2.28. The molecule has 0 heterocycles. The molecule has 0 saturated carbocycles. The van der Waals surface area contributed by atoms with Gasteiger partial charge in [-0.25, -0.2) is 9.59 Å². The second kappa shape index (κ2) is 4.22. The third-order valence-electron chi connectivity index (χ3n) is 2.49. The van der Waals surface area contributed by atoms with E-state index in [-0.39, 0.29) is 11.1 Å². The van der Waals surface area contributed by atoms with Gasteiger partial charge in [0.05, 0.1) is 5.56 Å². The fourth-order valence-corrected chi connectivity index (χ4v) is 1.72. The first-order valence-electron chi connectivity index (χ1n) is 4.72. The Hall–Kier alpha value is -2.04. The molecule has 0 fully saturated rings. The molecule has 0 saturated heterocycles. The van der Waals surface area contributed by atoms with E-state index in [4.69, 9.17) is 10.2 Å². The zero-order valence-electron chi connectivity index (χ0n) is 8.94. The van der Waals surface area contributed by atoms with E-state index in [1.54, 1.807) is 6.92 Å². The van der Waals surface area contributed by atoms with Crippen molar-refractivity contribution in [1.29, 1.82) is 0 Å². The van der Waals surface area contributed by atoms with Gasteiger partial charge < -0.3 is 15.3 Å². The number of hydrogen-bond acceptors (Lipinski definition) is 3. The normalized spacial score (nSPS) is 10.1. The molecule has 0 aliphatic heterocycles. The van der Waals surface area contributed by atoms with E-state index < -0.39 is 17.7 Å². The Labute approximate surface area is 92.0 Å². The fraction of sp³-hybridized carbons (Fsp3) is 0.273. The molecule has 5 nitrogen and oxygen atoms in total. The van der Waals surface area contributed by atoms with Crippen molar-refractivity contribution in [1.82, 2.24) is 0 Å². The van der Waals surface area contributed by atoms with Gasteiger partial charge in [-0.15, -0.1) is 0 Å². The molecule has 0 aromatic heterocycles. The summed E-state index contributed by atoms with van der Waals surface area (Å²) in [6.45, 7) is 3.24. The van der Waals surface area contributed by atoms with Crippen molar-refractivity contribution in [3.63, 3.8) is 0 Å². The summed E-state index contributed by atoms with van der Waals surface area (Å²) >= 11 is 0. The van der Waals surface area contributed by atoms with Gasteiger partial charge >= 0.3 is 11.9 Å². The van der Waals surface area contributed by atoms with E-state index in [9.17, 15) is 14.7 Å². The van der Waals surface area contributed by atoms with Crippen LogP contribution < -0.4 is 0 Å². The van der Waals surface area contributed by atoms with E-state index >= 15 is 0 Å². The lowest BCUT2D eigenvalue weighted by atomic mass is 9.94. The first-order valence-corrected chi connectivity index (χ1v) is 4.72. The van der Waals surface area contributed by atoms with Crippen LogP contribution in [0.3, 0.4) is 0 Å². The maximum Gasteiger partial charge on any atom is 0.339 e. The van der Waals surface area contributed by atoms with Gasteiger partial charge in [0, 0.05) is 0 Å². The van der Waals surface area contributed by atoms with E-state index in [1.165, 1.54) is 6.92 Å². The Morgan fingerprint density at radius 2 is 1.81 bits per heavy atom. The largest absolute Gasteiger partial charge is 0.507 e. The second-order valence-corrected chi connectivity index (χ2v) is 3.39. The third-order valence-corrected chi connectivity index (χ3v) is 2.49. The predicted molar refractivity (Wildman–Crippen MR) is 56.1 cm³/mol. The number of aromatic hydroxyl groups is 1. The topological polar surface area (TPSA) is 94.8 Å². The minimum absolute atomic E-state index is 0.0700. The minimum Gasteiger partial charge on any atom is -0.507 e. The van der Waals surface area contributed by atoms with Crippen molar-refractivity contribution >= 4 is 11.9 Å². The molecule has 16 heavy (non-hydrogen) atoms. The average molecular weight is 224 g/mol. The molecule has 0 spiro atoms. The standard InChI is InChI=1S/C11H12O5/c1-3-6-5(2)7(10(13)14)4-8(12)9(6)11(15)16/h4,12H,3H2,1-2H3,(H,13,14)(H,15,16). The van der Waals surface area contributed by atoms with Crippen molar-refractivity contribution in [2.24, 2.45) is 0 Å². The lowest BCUT2D eigenvalue weighted by molar-refractivity contribution is 0.0676. The average Bonchev–Trinajstić information content (AvgIpc) is 2.19. The van der Waals surface area contributed by atoms with E-state index in [2.05, 4.69) is 0 Å². The van der Waals surface area contributed by atoms with Crippen molar-refractivity contribution in [3.05, 3.63) is 28.3 Å². The highest BCUT2D eigenvalue weighted by atomic mass is 16.4. The SMILES string of the molecule is CCc1c(C)c(C(=O)O)cc(O)c1C(=O)O. The first-order chi connectivity index (χ1) is 7.40. The number of carboxylic acids is 2. The van der Waals surface area contributed by atoms with Gasteiger partial charge in [-0.1, -0.05) is 6.92 Å².